The lowest BCUT2D eigenvalue weighted by Crippen LogP contribution is -2.12. The monoisotopic (exact) mass is 464 g/mol. The molecule has 0 fully saturated rings. The van der Waals surface area contributed by atoms with Gasteiger partial charge in [0.15, 0.2) is 11.5 Å². The molecular formula is C21H22BrFN2O2S. The SMILES string of the molecule is C=C(F)/C(=C\C=C\Br)N/C(=C/C)c1ccc(OCc2csc(C)n2)c(OC)c1. The highest BCUT2D eigenvalue weighted by atomic mass is 79.9. The summed E-state index contributed by atoms with van der Waals surface area (Å²) in [5.74, 6) is 0.631. The molecule has 0 saturated heterocycles. The highest BCUT2D eigenvalue weighted by Crippen LogP contribution is 2.31. The van der Waals surface area contributed by atoms with E-state index < -0.39 is 5.83 Å². The van der Waals surface area contributed by atoms with Gasteiger partial charge in [-0.25, -0.2) is 9.37 Å². The summed E-state index contributed by atoms with van der Waals surface area (Å²) in [5, 5.41) is 6.02. The van der Waals surface area contributed by atoms with Crippen molar-refractivity contribution in [1.82, 2.24) is 10.3 Å². The van der Waals surface area contributed by atoms with Crippen molar-refractivity contribution in [3.05, 3.63) is 81.2 Å². The number of aryl methyl sites for hydroxylation is 1. The van der Waals surface area contributed by atoms with Gasteiger partial charge in [-0.05, 0) is 43.1 Å². The van der Waals surface area contributed by atoms with Crippen LogP contribution in [-0.2, 0) is 6.61 Å². The van der Waals surface area contributed by atoms with E-state index in [1.165, 1.54) is 0 Å². The van der Waals surface area contributed by atoms with E-state index in [2.05, 4.69) is 32.8 Å². The molecule has 0 atom stereocenters. The molecule has 28 heavy (non-hydrogen) atoms. The highest BCUT2D eigenvalue weighted by molar-refractivity contribution is 9.11. The van der Waals surface area contributed by atoms with Gasteiger partial charge in [-0.3, -0.25) is 0 Å². The first-order valence-corrected chi connectivity index (χ1v) is 10.2. The summed E-state index contributed by atoms with van der Waals surface area (Å²) < 4.78 is 25.0. The zero-order valence-corrected chi connectivity index (χ0v) is 18.4. The van der Waals surface area contributed by atoms with Gasteiger partial charge in [0, 0.05) is 16.6 Å². The fourth-order valence-electron chi connectivity index (χ4n) is 2.37. The Labute approximate surface area is 177 Å². The van der Waals surface area contributed by atoms with Crippen molar-refractivity contribution < 1.29 is 13.9 Å². The van der Waals surface area contributed by atoms with E-state index in [0.717, 1.165) is 16.3 Å². The Bertz CT molecular complexity index is 919. The fraction of sp³-hybridized carbons (Fsp3) is 0.190. The third-order valence-corrected chi connectivity index (χ3v) is 4.83. The van der Waals surface area contributed by atoms with E-state index in [-0.39, 0.29) is 5.70 Å². The van der Waals surface area contributed by atoms with Crippen LogP contribution in [0.15, 0.2) is 64.9 Å². The molecule has 0 amide bonds. The summed E-state index contributed by atoms with van der Waals surface area (Å²) in [5.41, 5.74) is 2.68. The highest BCUT2D eigenvalue weighted by Gasteiger charge is 2.11. The van der Waals surface area contributed by atoms with Gasteiger partial charge in [0.1, 0.15) is 12.4 Å². The summed E-state index contributed by atoms with van der Waals surface area (Å²) >= 11 is 4.74. The normalized spacial score (nSPS) is 12.3. The van der Waals surface area contributed by atoms with Crippen LogP contribution in [0, 0.1) is 6.92 Å². The number of methoxy groups -OCH3 is 1. The summed E-state index contributed by atoms with van der Waals surface area (Å²) in [6.45, 7) is 7.55. The Morgan fingerprint density at radius 3 is 2.75 bits per heavy atom. The van der Waals surface area contributed by atoms with Gasteiger partial charge in [-0.15, -0.1) is 11.3 Å². The number of hydrogen-bond acceptors (Lipinski definition) is 5. The van der Waals surface area contributed by atoms with Crippen LogP contribution in [0.4, 0.5) is 4.39 Å². The maximum atomic E-state index is 13.7. The number of ether oxygens (including phenoxy) is 2. The Balaban J connectivity index is 2.21. The maximum Gasteiger partial charge on any atom is 0.161 e. The average Bonchev–Trinajstić information content (AvgIpc) is 3.11. The molecule has 0 aliphatic rings. The molecule has 1 heterocycles. The number of allylic oxidation sites excluding steroid dienone is 4. The molecule has 0 saturated carbocycles. The number of nitrogens with one attached hydrogen (secondary N) is 1. The molecule has 148 valence electrons. The van der Waals surface area contributed by atoms with Crippen molar-refractivity contribution >= 4 is 33.0 Å². The minimum Gasteiger partial charge on any atom is -0.493 e. The standard InChI is InChI=1S/C21H22BrFN2O2S/c1-5-18(25-19(14(2)23)7-6-10-22)16-8-9-20(21(11-16)26-4)27-12-17-13-28-15(3)24-17/h5-11,13,25H,2,12H2,1,3-4H3/b10-6+,18-5+,19-7+. The van der Waals surface area contributed by atoms with E-state index in [0.29, 0.717) is 23.8 Å². The first-order valence-electron chi connectivity index (χ1n) is 8.45. The molecule has 0 aliphatic carbocycles. The van der Waals surface area contributed by atoms with E-state index in [1.54, 1.807) is 35.6 Å². The quantitative estimate of drug-likeness (QED) is 0.444. The summed E-state index contributed by atoms with van der Waals surface area (Å²) in [6.07, 6.45) is 5.10. The second kappa shape index (κ2) is 10.8. The number of aromatic nitrogens is 1. The Morgan fingerprint density at radius 1 is 1.39 bits per heavy atom. The van der Waals surface area contributed by atoms with Gasteiger partial charge in [0.25, 0.3) is 0 Å². The second-order valence-corrected chi connectivity index (χ2v) is 7.23. The van der Waals surface area contributed by atoms with Gasteiger partial charge in [0.2, 0.25) is 0 Å². The Morgan fingerprint density at radius 2 is 2.18 bits per heavy atom. The van der Waals surface area contributed by atoms with Gasteiger partial charge >= 0.3 is 0 Å². The van der Waals surface area contributed by atoms with Crippen LogP contribution in [0.1, 0.15) is 23.2 Å². The third kappa shape index (κ3) is 6.07. The molecule has 7 heteroatoms. The molecular weight excluding hydrogens is 443 g/mol. The lowest BCUT2D eigenvalue weighted by atomic mass is 10.1. The predicted molar refractivity (Wildman–Crippen MR) is 117 cm³/mol. The fourth-order valence-corrected chi connectivity index (χ4v) is 3.12. The molecule has 1 N–H and O–H groups in total. The Hall–Kier alpha value is -2.38. The number of benzene rings is 1. The van der Waals surface area contributed by atoms with Crippen LogP contribution in [0.5, 0.6) is 11.5 Å². The zero-order chi connectivity index (χ0) is 20.5. The summed E-state index contributed by atoms with van der Waals surface area (Å²) in [4.78, 5) is 6.02. The van der Waals surface area contributed by atoms with E-state index in [1.807, 2.05) is 43.5 Å². The number of halogens is 2. The molecule has 0 spiro atoms. The van der Waals surface area contributed by atoms with Crippen LogP contribution >= 0.6 is 27.3 Å². The van der Waals surface area contributed by atoms with E-state index in [9.17, 15) is 4.39 Å². The minimum atomic E-state index is -0.560. The van der Waals surface area contributed by atoms with Gasteiger partial charge in [0.05, 0.1) is 23.5 Å². The molecule has 0 unspecified atom stereocenters. The van der Waals surface area contributed by atoms with E-state index >= 15 is 0 Å². The molecule has 0 aliphatic heterocycles. The van der Waals surface area contributed by atoms with Crippen molar-refractivity contribution in [2.45, 2.75) is 20.5 Å². The van der Waals surface area contributed by atoms with Crippen LogP contribution < -0.4 is 14.8 Å². The average molecular weight is 465 g/mol. The number of rotatable bonds is 9. The van der Waals surface area contributed by atoms with Crippen molar-refractivity contribution in [2.75, 3.05) is 7.11 Å². The van der Waals surface area contributed by atoms with Crippen molar-refractivity contribution in [1.29, 1.82) is 0 Å². The van der Waals surface area contributed by atoms with Gasteiger partial charge in [-0.1, -0.05) is 34.7 Å². The molecule has 1 aromatic heterocycles. The van der Waals surface area contributed by atoms with Crippen molar-refractivity contribution in [3.8, 4) is 11.5 Å². The minimum absolute atomic E-state index is 0.266. The number of thiazole rings is 1. The van der Waals surface area contributed by atoms with Crippen molar-refractivity contribution in [3.63, 3.8) is 0 Å². The smallest absolute Gasteiger partial charge is 0.161 e. The first kappa shape index (κ1) is 21.9. The molecule has 0 bridgehead atoms. The number of nitrogens with zero attached hydrogens (tertiary/aromatic N) is 1. The maximum absolute atomic E-state index is 13.7. The van der Waals surface area contributed by atoms with Gasteiger partial charge < -0.3 is 14.8 Å². The molecule has 2 rings (SSSR count). The summed E-state index contributed by atoms with van der Waals surface area (Å²) in [6, 6.07) is 5.54. The molecule has 0 radical (unpaired) electrons. The largest absolute Gasteiger partial charge is 0.493 e. The van der Waals surface area contributed by atoms with Crippen LogP contribution in [-0.4, -0.2) is 12.1 Å². The Kier molecular flexibility index (Phi) is 8.47. The van der Waals surface area contributed by atoms with Crippen LogP contribution in [0.25, 0.3) is 5.70 Å². The molecule has 1 aromatic carbocycles. The first-order chi connectivity index (χ1) is 13.5. The van der Waals surface area contributed by atoms with Crippen LogP contribution in [0.2, 0.25) is 0 Å². The third-order valence-electron chi connectivity index (χ3n) is 3.70. The topological polar surface area (TPSA) is 43.4 Å². The van der Waals surface area contributed by atoms with E-state index in [4.69, 9.17) is 9.47 Å². The lowest BCUT2D eigenvalue weighted by molar-refractivity contribution is 0.281. The summed E-state index contributed by atoms with van der Waals surface area (Å²) in [7, 11) is 1.58. The lowest BCUT2D eigenvalue weighted by Gasteiger charge is -2.16. The van der Waals surface area contributed by atoms with Gasteiger partial charge in [-0.2, -0.15) is 0 Å². The molecule has 4 nitrogen and oxygen atoms in total. The second-order valence-electron chi connectivity index (χ2n) is 5.64. The zero-order valence-electron chi connectivity index (χ0n) is 16.0. The predicted octanol–water partition coefficient (Wildman–Crippen LogP) is 6.27. The molecule has 2 aromatic rings. The number of hydrogen-bond donors (Lipinski definition) is 1. The van der Waals surface area contributed by atoms with Crippen molar-refractivity contribution in [2.24, 2.45) is 0 Å². The van der Waals surface area contributed by atoms with Crippen LogP contribution in [0.3, 0.4) is 0 Å².